The van der Waals surface area contributed by atoms with Crippen molar-refractivity contribution >= 4 is 0 Å². The van der Waals surface area contributed by atoms with Crippen molar-refractivity contribution in [2.75, 3.05) is 34.4 Å². The van der Waals surface area contributed by atoms with Crippen molar-refractivity contribution in [3.05, 3.63) is 0 Å². The Labute approximate surface area is 109 Å². The molecule has 0 heterocycles. The third-order valence-electron chi connectivity index (χ3n) is 3.44. The first-order valence-electron chi connectivity index (χ1n) is 7.24. The van der Waals surface area contributed by atoms with Crippen molar-refractivity contribution in [2.24, 2.45) is 5.41 Å². The van der Waals surface area contributed by atoms with E-state index in [1.807, 2.05) is 7.11 Å². The van der Waals surface area contributed by atoms with Crippen LogP contribution in [0, 0.1) is 5.41 Å². The van der Waals surface area contributed by atoms with Crippen molar-refractivity contribution in [3.63, 3.8) is 0 Å². The minimum atomic E-state index is 0.376. The average Bonchev–Trinajstić information content (AvgIpc) is 2.24. The van der Waals surface area contributed by atoms with Crippen LogP contribution in [0.4, 0.5) is 0 Å². The molecule has 17 heavy (non-hydrogen) atoms. The van der Waals surface area contributed by atoms with Gasteiger partial charge < -0.3 is 9.64 Å². The molecule has 0 bridgehead atoms. The average molecular weight is 243 g/mol. The van der Waals surface area contributed by atoms with Gasteiger partial charge >= 0.3 is 0 Å². The maximum Gasteiger partial charge on any atom is 0.0530 e. The Morgan fingerprint density at radius 1 is 0.941 bits per heavy atom. The Bertz CT molecular complexity index is 162. The molecule has 1 unspecified atom stereocenters. The van der Waals surface area contributed by atoms with E-state index in [4.69, 9.17) is 4.74 Å². The molecule has 0 N–H and O–H groups in total. The fraction of sp³-hybridized carbons (Fsp3) is 1.00. The van der Waals surface area contributed by atoms with E-state index < -0.39 is 0 Å². The summed E-state index contributed by atoms with van der Waals surface area (Å²) in [6, 6.07) is 0. The van der Waals surface area contributed by atoms with Gasteiger partial charge in [0.05, 0.1) is 6.61 Å². The number of nitrogens with zero attached hydrogens (tertiary/aromatic N) is 1. The Morgan fingerprint density at radius 2 is 1.65 bits per heavy atom. The summed E-state index contributed by atoms with van der Waals surface area (Å²) in [6.07, 6.45) is 9.27. The molecule has 2 heteroatoms. The summed E-state index contributed by atoms with van der Waals surface area (Å²) >= 11 is 0. The van der Waals surface area contributed by atoms with Crippen LogP contribution in [0.2, 0.25) is 0 Å². The van der Waals surface area contributed by atoms with Gasteiger partial charge in [0, 0.05) is 19.1 Å². The van der Waals surface area contributed by atoms with Crippen LogP contribution in [0.3, 0.4) is 0 Å². The summed E-state index contributed by atoms with van der Waals surface area (Å²) in [5.41, 5.74) is 0.376. The predicted molar refractivity (Wildman–Crippen MR) is 76.5 cm³/mol. The number of hydrogen-bond acceptors (Lipinski definition) is 2. The summed E-state index contributed by atoms with van der Waals surface area (Å²) in [6.45, 7) is 6.62. The molecule has 0 aromatic heterocycles. The summed E-state index contributed by atoms with van der Waals surface area (Å²) in [7, 11) is 6.18. The van der Waals surface area contributed by atoms with E-state index in [9.17, 15) is 0 Å². The Morgan fingerprint density at radius 3 is 2.12 bits per heavy atom. The summed E-state index contributed by atoms with van der Waals surface area (Å²) in [5, 5.41) is 0. The van der Waals surface area contributed by atoms with E-state index >= 15 is 0 Å². The maximum absolute atomic E-state index is 5.49. The smallest absolute Gasteiger partial charge is 0.0530 e. The number of unbranched alkanes of at least 4 members (excludes halogenated alkanes) is 3. The van der Waals surface area contributed by atoms with Crippen molar-refractivity contribution in [2.45, 2.75) is 58.8 Å². The first-order valence-corrected chi connectivity index (χ1v) is 7.24. The SMILES string of the molecule is CCCCCCC(CCC)(COC)CN(C)C. The van der Waals surface area contributed by atoms with Crippen molar-refractivity contribution in [3.8, 4) is 0 Å². The third kappa shape index (κ3) is 7.77. The molecule has 0 aliphatic carbocycles. The molecule has 0 aliphatic rings. The predicted octanol–water partition coefficient (Wildman–Crippen LogP) is 3.95. The zero-order valence-electron chi connectivity index (χ0n) is 12.7. The lowest BCUT2D eigenvalue weighted by molar-refractivity contribution is 0.0410. The molecule has 0 fully saturated rings. The standard InChI is InChI=1S/C15H33NO/c1-6-8-9-10-12-15(11-7-2,14-17-5)13-16(3)4/h6-14H2,1-5H3. The highest BCUT2D eigenvalue weighted by Crippen LogP contribution is 2.32. The minimum absolute atomic E-state index is 0.376. The van der Waals surface area contributed by atoms with Gasteiger partial charge in [-0.3, -0.25) is 0 Å². The van der Waals surface area contributed by atoms with Gasteiger partial charge in [-0.05, 0) is 26.9 Å². The summed E-state index contributed by atoms with van der Waals surface area (Å²) in [4.78, 5) is 2.31. The van der Waals surface area contributed by atoms with E-state index in [1.165, 1.54) is 44.9 Å². The lowest BCUT2D eigenvalue weighted by Crippen LogP contribution is -2.37. The molecule has 0 radical (unpaired) electrons. The molecule has 0 rings (SSSR count). The molecular weight excluding hydrogens is 210 g/mol. The molecule has 0 saturated heterocycles. The van der Waals surface area contributed by atoms with Crippen LogP contribution in [-0.4, -0.2) is 39.3 Å². The van der Waals surface area contributed by atoms with Crippen LogP contribution in [0.15, 0.2) is 0 Å². The molecule has 0 aromatic rings. The van der Waals surface area contributed by atoms with E-state index in [2.05, 4.69) is 32.8 Å². The Balaban J connectivity index is 4.31. The fourth-order valence-corrected chi connectivity index (χ4v) is 2.91. The van der Waals surface area contributed by atoms with E-state index in [1.54, 1.807) is 0 Å². The van der Waals surface area contributed by atoms with Crippen LogP contribution < -0.4 is 0 Å². The number of methoxy groups -OCH3 is 1. The molecular formula is C15H33NO. The zero-order chi connectivity index (χ0) is 13.1. The van der Waals surface area contributed by atoms with Gasteiger partial charge in [0.2, 0.25) is 0 Å². The lowest BCUT2D eigenvalue weighted by Gasteiger charge is -2.35. The number of rotatable bonds is 11. The Kier molecular flexibility index (Phi) is 9.85. The molecule has 0 aliphatic heterocycles. The normalized spacial score (nSPS) is 15.2. The maximum atomic E-state index is 5.49. The molecule has 2 nitrogen and oxygen atoms in total. The first kappa shape index (κ1) is 16.9. The van der Waals surface area contributed by atoms with E-state index in [-0.39, 0.29) is 0 Å². The first-order chi connectivity index (χ1) is 8.10. The van der Waals surface area contributed by atoms with Crippen molar-refractivity contribution < 1.29 is 4.74 Å². The van der Waals surface area contributed by atoms with Gasteiger partial charge in [-0.25, -0.2) is 0 Å². The molecule has 0 aromatic carbocycles. The molecule has 0 spiro atoms. The molecule has 104 valence electrons. The minimum Gasteiger partial charge on any atom is -0.384 e. The topological polar surface area (TPSA) is 12.5 Å². The monoisotopic (exact) mass is 243 g/mol. The van der Waals surface area contributed by atoms with Crippen LogP contribution >= 0.6 is 0 Å². The van der Waals surface area contributed by atoms with Crippen LogP contribution in [0.25, 0.3) is 0 Å². The lowest BCUT2D eigenvalue weighted by atomic mass is 9.78. The molecule has 0 saturated carbocycles. The van der Waals surface area contributed by atoms with E-state index in [0.717, 1.165) is 13.2 Å². The van der Waals surface area contributed by atoms with Crippen LogP contribution in [0.1, 0.15) is 58.8 Å². The van der Waals surface area contributed by atoms with Crippen molar-refractivity contribution in [1.82, 2.24) is 4.90 Å². The highest BCUT2D eigenvalue weighted by atomic mass is 16.5. The van der Waals surface area contributed by atoms with Gasteiger partial charge in [-0.1, -0.05) is 46.0 Å². The largest absolute Gasteiger partial charge is 0.384 e. The highest BCUT2D eigenvalue weighted by Gasteiger charge is 2.29. The zero-order valence-corrected chi connectivity index (χ0v) is 12.7. The fourth-order valence-electron chi connectivity index (χ4n) is 2.91. The van der Waals surface area contributed by atoms with E-state index in [0.29, 0.717) is 5.41 Å². The van der Waals surface area contributed by atoms with Gasteiger partial charge in [-0.2, -0.15) is 0 Å². The van der Waals surface area contributed by atoms with Gasteiger partial charge in [0.15, 0.2) is 0 Å². The third-order valence-corrected chi connectivity index (χ3v) is 3.44. The second kappa shape index (κ2) is 9.90. The van der Waals surface area contributed by atoms with Gasteiger partial charge in [0.1, 0.15) is 0 Å². The van der Waals surface area contributed by atoms with Gasteiger partial charge in [0.25, 0.3) is 0 Å². The second-order valence-electron chi connectivity index (χ2n) is 5.73. The quantitative estimate of drug-likeness (QED) is 0.509. The summed E-state index contributed by atoms with van der Waals surface area (Å²) in [5.74, 6) is 0. The Hall–Kier alpha value is -0.0800. The van der Waals surface area contributed by atoms with Crippen molar-refractivity contribution in [1.29, 1.82) is 0 Å². The number of ether oxygens (including phenoxy) is 1. The molecule has 0 amide bonds. The number of hydrogen-bond donors (Lipinski definition) is 0. The highest BCUT2D eigenvalue weighted by molar-refractivity contribution is 4.81. The van der Waals surface area contributed by atoms with Gasteiger partial charge in [-0.15, -0.1) is 0 Å². The summed E-state index contributed by atoms with van der Waals surface area (Å²) < 4.78 is 5.49. The van der Waals surface area contributed by atoms with Crippen LogP contribution in [0.5, 0.6) is 0 Å². The van der Waals surface area contributed by atoms with Crippen LogP contribution in [-0.2, 0) is 4.74 Å². The molecule has 1 atom stereocenters. The second-order valence-corrected chi connectivity index (χ2v) is 5.73.